The maximum atomic E-state index is 13.2. The summed E-state index contributed by atoms with van der Waals surface area (Å²) in [4.78, 5) is 31.3. The number of aromatic nitrogens is 3. The molecule has 1 aromatic carbocycles. The molecule has 3 aromatic rings. The molecule has 0 saturated carbocycles. The Hall–Kier alpha value is -3.68. The van der Waals surface area contributed by atoms with Crippen molar-refractivity contribution in [3.63, 3.8) is 0 Å². The number of hydrogen-bond acceptors (Lipinski definition) is 6. The first-order chi connectivity index (χ1) is 13.6. The highest BCUT2D eigenvalue weighted by molar-refractivity contribution is 6.09. The second-order valence-corrected chi connectivity index (χ2v) is 6.42. The molecule has 4 rings (SSSR count). The highest BCUT2D eigenvalue weighted by Crippen LogP contribution is 2.40. The number of carbonyl (C=O) groups is 1. The van der Waals surface area contributed by atoms with Gasteiger partial charge >= 0.3 is 0 Å². The van der Waals surface area contributed by atoms with Crippen LogP contribution in [0, 0.1) is 0 Å². The summed E-state index contributed by atoms with van der Waals surface area (Å²) in [6.45, 7) is -0.684. The minimum Gasteiger partial charge on any atom is -0.369 e. The van der Waals surface area contributed by atoms with E-state index in [-0.39, 0.29) is 17.6 Å². The molecular formula is C20H17FN6O. The fourth-order valence-electron chi connectivity index (χ4n) is 3.27. The van der Waals surface area contributed by atoms with Crippen LogP contribution in [0.25, 0.3) is 11.1 Å². The third kappa shape index (κ3) is 2.70. The molecule has 1 unspecified atom stereocenters. The molecule has 1 aliphatic rings. The number of carbonyl (C=O) groups excluding carboxylic acids is 1. The van der Waals surface area contributed by atoms with Gasteiger partial charge in [0.25, 0.3) is 5.91 Å². The van der Waals surface area contributed by atoms with Crippen molar-refractivity contribution in [2.24, 2.45) is 10.7 Å². The van der Waals surface area contributed by atoms with Crippen LogP contribution in [0.4, 0.5) is 4.39 Å². The van der Waals surface area contributed by atoms with Gasteiger partial charge in [-0.05, 0) is 23.3 Å². The predicted octanol–water partition coefficient (Wildman–Crippen LogP) is 2.04. The molecule has 1 aliphatic heterocycles. The molecule has 28 heavy (non-hydrogen) atoms. The molecule has 7 nitrogen and oxygen atoms in total. The van der Waals surface area contributed by atoms with Gasteiger partial charge in [-0.25, -0.2) is 19.4 Å². The third-order valence-corrected chi connectivity index (χ3v) is 4.79. The summed E-state index contributed by atoms with van der Waals surface area (Å²) >= 11 is 0. The molecule has 2 aromatic heterocycles. The highest BCUT2D eigenvalue weighted by atomic mass is 19.1. The predicted molar refractivity (Wildman–Crippen MR) is 102 cm³/mol. The quantitative estimate of drug-likeness (QED) is 0.751. The van der Waals surface area contributed by atoms with Crippen LogP contribution in [0.1, 0.15) is 16.8 Å². The summed E-state index contributed by atoms with van der Waals surface area (Å²) in [5.74, 6) is -0.200. The van der Waals surface area contributed by atoms with Gasteiger partial charge in [0, 0.05) is 36.8 Å². The molecule has 0 bridgehead atoms. The maximum absolute atomic E-state index is 13.2. The molecule has 1 atom stereocenters. The zero-order valence-electron chi connectivity index (χ0n) is 15.1. The van der Waals surface area contributed by atoms with E-state index in [9.17, 15) is 9.18 Å². The van der Waals surface area contributed by atoms with Crippen LogP contribution in [0.2, 0.25) is 0 Å². The van der Waals surface area contributed by atoms with Crippen LogP contribution in [0.5, 0.6) is 0 Å². The lowest BCUT2D eigenvalue weighted by Gasteiger charge is -2.26. The van der Waals surface area contributed by atoms with E-state index in [1.807, 2.05) is 24.3 Å². The van der Waals surface area contributed by atoms with Crippen molar-refractivity contribution < 1.29 is 9.18 Å². The Labute approximate surface area is 160 Å². The number of alkyl halides is 1. The summed E-state index contributed by atoms with van der Waals surface area (Å²) < 4.78 is 12.9. The first kappa shape index (κ1) is 17.7. The fourth-order valence-corrected chi connectivity index (χ4v) is 3.27. The molecule has 3 heterocycles. The van der Waals surface area contributed by atoms with Crippen molar-refractivity contribution in [1.82, 2.24) is 19.9 Å². The lowest BCUT2D eigenvalue weighted by molar-refractivity contribution is -0.129. The highest BCUT2D eigenvalue weighted by Gasteiger charge is 2.49. The summed E-state index contributed by atoms with van der Waals surface area (Å²) in [5, 5.41) is 0. The molecule has 1 amide bonds. The maximum Gasteiger partial charge on any atom is 0.266 e. The van der Waals surface area contributed by atoms with Gasteiger partial charge < -0.3 is 5.73 Å². The number of pyridine rings is 1. The number of aliphatic imine (C=N–C) groups is 1. The van der Waals surface area contributed by atoms with Gasteiger partial charge in [0.2, 0.25) is 0 Å². The Balaban J connectivity index is 1.91. The van der Waals surface area contributed by atoms with Crippen molar-refractivity contribution >= 4 is 11.9 Å². The number of nitrogens with zero attached hydrogens (tertiary/aromatic N) is 5. The Bertz CT molecular complexity index is 1050. The van der Waals surface area contributed by atoms with Crippen molar-refractivity contribution in [2.75, 3.05) is 7.05 Å². The van der Waals surface area contributed by atoms with Crippen LogP contribution in [0.15, 0.2) is 66.3 Å². The zero-order valence-corrected chi connectivity index (χ0v) is 15.1. The topological polar surface area (TPSA) is 97.4 Å². The van der Waals surface area contributed by atoms with E-state index in [0.717, 1.165) is 11.1 Å². The summed E-state index contributed by atoms with van der Waals surface area (Å²) in [5.41, 5.74) is 7.66. The second-order valence-electron chi connectivity index (χ2n) is 6.42. The Morgan fingerprint density at radius 2 is 1.86 bits per heavy atom. The molecule has 0 aliphatic carbocycles. The van der Waals surface area contributed by atoms with Gasteiger partial charge in [-0.2, -0.15) is 0 Å². The smallest absolute Gasteiger partial charge is 0.266 e. The molecule has 0 radical (unpaired) electrons. The zero-order chi connectivity index (χ0) is 19.7. The monoisotopic (exact) mass is 376 g/mol. The molecule has 0 spiro atoms. The van der Waals surface area contributed by atoms with Crippen LogP contribution >= 0.6 is 0 Å². The van der Waals surface area contributed by atoms with Gasteiger partial charge in [-0.15, -0.1) is 0 Å². The number of hydrogen-bond donors (Lipinski definition) is 1. The summed E-state index contributed by atoms with van der Waals surface area (Å²) in [7, 11) is 1.57. The van der Waals surface area contributed by atoms with E-state index in [1.165, 1.54) is 17.4 Å². The van der Waals surface area contributed by atoms with Crippen LogP contribution in [0.3, 0.4) is 0 Å². The molecule has 0 fully saturated rings. The molecular weight excluding hydrogens is 359 g/mol. The first-order valence-electron chi connectivity index (χ1n) is 8.57. The first-order valence-corrected chi connectivity index (χ1v) is 8.57. The number of amides is 1. The van der Waals surface area contributed by atoms with Crippen LogP contribution < -0.4 is 5.73 Å². The summed E-state index contributed by atoms with van der Waals surface area (Å²) in [6.07, 6.45) is 6.31. The van der Waals surface area contributed by atoms with E-state index >= 15 is 0 Å². The average Bonchev–Trinajstić information content (AvgIpc) is 2.99. The van der Waals surface area contributed by atoms with E-state index in [4.69, 9.17) is 5.73 Å². The van der Waals surface area contributed by atoms with E-state index in [2.05, 4.69) is 19.9 Å². The van der Waals surface area contributed by atoms with Gasteiger partial charge in [-0.3, -0.25) is 14.7 Å². The van der Waals surface area contributed by atoms with Crippen molar-refractivity contribution in [3.05, 3.63) is 78.1 Å². The van der Waals surface area contributed by atoms with Gasteiger partial charge in [-0.1, -0.05) is 24.3 Å². The Morgan fingerprint density at radius 3 is 2.46 bits per heavy atom. The fraction of sp³-hybridized carbons (Fsp3) is 0.150. The third-order valence-electron chi connectivity index (χ3n) is 4.79. The largest absolute Gasteiger partial charge is 0.369 e. The Morgan fingerprint density at radius 1 is 1.07 bits per heavy atom. The lowest BCUT2D eigenvalue weighted by atomic mass is 9.82. The molecule has 8 heteroatoms. The number of likely N-dealkylation sites (N-methyl/N-ethyl adjacent to an activating group) is 1. The van der Waals surface area contributed by atoms with E-state index in [1.54, 1.807) is 31.6 Å². The van der Waals surface area contributed by atoms with Gasteiger partial charge in [0.05, 0.1) is 5.69 Å². The minimum atomic E-state index is -1.38. The van der Waals surface area contributed by atoms with Crippen molar-refractivity contribution in [1.29, 1.82) is 0 Å². The van der Waals surface area contributed by atoms with Crippen molar-refractivity contribution in [2.45, 2.75) is 12.2 Å². The molecule has 2 N–H and O–H groups in total. The van der Waals surface area contributed by atoms with Crippen molar-refractivity contribution in [3.8, 4) is 11.1 Å². The number of benzene rings is 1. The Kier molecular flexibility index (Phi) is 4.31. The average molecular weight is 376 g/mol. The van der Waals surface area contributed by atoms with Crippen LogP contribution in [-0.4, -0.2) is 38.8 Å². The van der Waals surface area contributed by atoms with E-state index in [0.29, 0.717) is 11.1 Å². The number of guanidine groups is 1. The minimum absolute atomic E-state index is 0.105. The van der Waals surface area contributed by atoms with Gasteiger partial charge in [0.1, 0.15) is 13.0 Å². The number of rotatable bonds is 4. The van der Waals surface area contributed by atoms with Crippen LogP contribution in [-0.2, 0) is 17.0 Å². The SMILES string of the molecule is CN1C(=O)C(c2ccc(CF)nc2)(c2cccc(-c3cncnc3)c2)N=C1N. The standard InChI is InChI=1S/C20H17FN6O/c1-27-18(28)20(26-19(27)22,16-5-6-17(8-21)25-11-16)15-4-2-3-13(7-15)14-9-23-12-24-10-14/h2-7,9-12H,8H2,1H3,(H2,22,26). The lowest BCUT2D eigenvalue weighted by Crippen LogP contribution is -2.41. The molecule has 140 valence electrons. The second kappa shape index (κ2) is 6.80. The number of nitrogens with two attached hydrogens (primary N) is 1. The number of halogens is 1. The van der Waals surface area contributed by atoms with E-state index < -0.39 is 12.2 Å². The summed E-state index contributed by atoms with van der Waals surface area (Å²) in [6, 6.07) is 10.6. The van der Waals surface area contributed by atoms with Gasteiger partial charge in [0.15, 0.2) is 11.5 Å². The molecule has 0 saturated heterocycles. The normalized spacial score (nSPS) is 19.0.